The Morgan fingerprint density at radius 1 is 0.846 bits per heavy atom. The van der Waals surface area contributed by atoms with Crippen molar-refractivity contribution in [2.24, 2.45) is 11.8 Å². The van der Waals surface area contributed by atoms with Gasteiger partial charge in [0.25, 0.3) is 0 Å². The molecule has 26 heavy (non-hydrogen) atoms. The van der Waals surface area contributed by atoms with Crippen molar-refractivity contribution < 1.29 is 0 Å². The van der Waals surface area contributed by atoms with Gasteiger partial charge in [0.2, 0.25) is 0 Å². The average molecular weight is 349 g/mol. The van der Waals surface area contributed by atoms with Gasteiger partial charge in [-0.1, -0.05) is 0 Å². The summed E-state index contributed by atoms with van der Waals surface area (Å²) in [6.07, 6.45) is 3.36. The van der Waals surface area contributed by atoms with Crippen LogP contribution in [0.1, 0.15) is 17.0 Å². The number of aromatic nitrogens is 5. The molecule has 2 fully saturated rings. The third-order valence-corrected chi connectivity index (χ3v) is 5.93. The van der Waals surface area contributed by atoms with Gasteiger partial charge in [0.05, 0.1) is 5.52 Å². The molecule has 0 amide bonds. The smallest absolute Gasteiger partial charge is 0.156 e. The molecule has 0 radical (unpaired) electrons. The normalized spacial score (nSPS) is 22.4. The van der Waals surface area contributed by atoms with Gasteiger partial charge in [0, 0.05) is 55.0 Å². The molecule has 3 aromatic rings. The monoisotopic (exact) mass is 349 g/mol. The lowest BCUT2D eigenvalue weighted by molar-refractivity contribution is 0.533. The molecule has 2 aliphatic heterocycles. The van der Waals surface area contributed by atoms with E-state index in [0.29, 0.717) is 11.8 Å². The van der Waals surface area contributed by atoms with Crippen molar-refractivity contribution in [1.82, 2.24) is 24.9 Å². The molecule has 5 rings (SSSR count). The van der Waals surface area contributed by atoms with E-state index in [9.17, 15) is 0 Å². The van der Waals surface area contributed by atoms with Crippen molar-refractivity contribution in [3.05, 3.63) is 35.7 Å². The van der Waals surface area contributed by atoms with Gasteiger partial charge in [-0.15, -0.1) is 0 Å². The van der Waals surface area contributed by atoms with E-state index in [2.05, 4.69) is 61.6 Å². The van der Waals surface area contributed by atoms with Crippen LogP contribution in [0.25, 0.3) is 11.0 Å². The third-order valence-electron chi connectivity index (χ3n) is 5.93. The van der Waals surface area contributed by atoms with Gasteiger partial charge in [-0.25, -0.2) is 19.9 Å². The fourth-order valence-corrected chi connectivity index (χ4v) is 4.48. The van der Waals surface area contributed by atoms with Crippen LogP contribution in [-0.4, -0.2) is 51.1 Å². The molecular weight excluding hydrogens is 326 g/mol. The second kappa shape index (κ2) is 5.65. The third kappa shape index (κ3) is 2.34. The zero-order valence-electron chi connectivity index (χ0n) is 15.4. The van der Waals surface area contributed by atoms with E-state index in [4.69, 9.17) is 0 Å². The van der Waals surface area contributed by atoms with Gasteiger partial charge >= 0.3 is 0 Å². The maximum absolute atomic E-state index is 4.58. The van der Waals surface area contributed by atoms with Gasteiger partial charge in [0.1, 0.15) is 24.0 Å². The van der Waals surface area contributed by atoms with Crippen LogP contribution in [0.2, 0.25) is 0 Å². The zero-order valence-corrected chi connectivity index (χ0v) is 15.4. The number of hydrogen-bond donors (Lipinski definition) is 1. The summed E-state index contributed by atoms with van der Waals surface area (Å²) in [5.74, 6) is 3.43. The van der Waals surface area contributed by atoms with Crippen LogP contribution in [0.4, 0.5) is 11.6 Å². The topological polar surface area (TPSA) is 73.8 Å². The SMILES string of the molecule is Cc1cc2ncnc(N3CC4CN(c5ncnc(C)c5C)CC4C3)c2[nH]1. The van der Waals surface area contributed by atoms with Crippen molar-refractivity contribution in [3.63, 3.8) is 0 Å². The molecule has 2 aliphatic rings. The molecule has 7 nitrogen and oxygen atoms in total. The summed E-state index contributed by atoms with van der Waals surface area (Å²) in [6, 6.07) is 2.08. The molecule has 2 atom stereocenters. The molecule has 3 aromatic heterocycles. The quantitative estimate of drug-likeness (QED) is 0.765. The number of hydrogen-bond acceptors (Lipinski definition) is 6. The number of nitrogens with one attached hydrogen (secondary N) is 1. The molecular formula is C19H23N7. The highest BCUT2D eigenvalue weighted by Crippen LogP contribution is 2.37. The molecule has 7 heteroatoms. The van der Waals surface area contributed by atoms with Crippen molar-refractivity contribution in [3.8, 4) is 0 Å². The van der Waals surface area contributed by atoms with Crippen molar-refractivity contribution in [2.45, 2.75) is 20.8 Å². The van der Waals surface area contributed by atoms with Crippen molar-refractivity contribution in [2.75, 3.05) is 36.0 Å². The first-order valence-electron chi connectivity index (χ1n) is 9.18. The molecule has 134 valence electrons. The lowest BCUT2D eigenvalue weighted by Gasteiger charge is -2.24. The van der Waals surface area contributed by atoms with E-state index in [1.54, 1.807) is 12.7 Å². The molecule has 2 unspecified atom stereocenters. The van der Waals surface area contributed by atoms with Crippen LogP contribution < -0.4 is 9.80 Å². The Bertz CT molecular complexity index is 965. The standard InChI is InChI=1S/C19H23N7/c1-11-4-16-17(24-11)19(23-10-21-16)26-7-14-5-25(6-15(14)8-26)18-12(2)13(3)20-9-22-18/h4,9-10,14-15,24H,5-8H2,1-3H3. The molecule has 0 spiro atoms. The summed E-state index contributed by atoms with van der Waals surface area (Å²) in [6.45, 7) is 10.4. The highest BCUT2D eigenvalue weighted by Gasteiger charge is 2.41. The molecule has 0 aliphatic carbocycles. The Labute approximate surface area is 152 Å². The Morgan fingerprint density at radius 2 is 1.46 bits per heavy atom. The van der Waals surface area contributed by atoms with Gasteiger partial charge in [-0.05, 0) is 26.8 Å². The second-order valence-electron chi connectivity index (χ2n) is 7.65. The number of anilines is 2. The van der Waals surface area contributed by atoms with Crippen LogP contribution in [0, 0.1) is 32.6 Å². The predicted octanol–water partition coefficient (Wildman–Crippen LogP) is 2.25. The minimum atomic E-state index is 0.644. The summed E-state index contributed by atoms with van der Waals surface area (Å²) in [5, 5.41) is 0. The first kappa shape index (κ1) is 15.5. The predicted molar refractivity (Wildman–Crippen MR) is 102 cm³/mol. The Morgan fingerprint density at radius 3 is 2.19 bits per heavy atom. The van der Waals surface area contributed by atoms with Crippen LogP contribution >= 0.6 is 0 Å². The number of aryl methyl sites for hydroxylation is 2. The number of rotatable bonds is 2. The van der Waals surface area contributed by atoms with E-state index in [-0.39, 0.29) is 0 Å². The first-order valence-corrected chi connectivity index (χ1v) is 9.18. The molecule has 0 aromatic carbocycles. The first-order chi connectivity index (χ1) is 12.6. The molecule has 0 saturated carbocycles. The van der Waals surface area contributed by atoms with Crippen LogP contribution in [0.15, 0.2) is 18.7 Å². The van der Waals surface area contributed by atoms with E-state index in [1.165, 1.54) is 5.56 Å². The van der Waals surface area contributed by atoms with E-state index < -0.39 is 0 Å². The lowest BCUT2D eigenvalue weighted by Crippen LogP contribution is -2.30. The number of nitrogens with zero attached hydrogens (tertiary/aromatic N) is 6. The summed E-state index contributed by atoms with van der Waals surface area (Å²) >= 11 is 0. The number of aromatic amines is 1. The van der Waals surface area contributed by atoms with Crippen LogP contribution in [-0.2, 0) is 0 Å². The van der Waals surface area contributed by atoms with E-state index in [0.717, 1.165) is 60.2 Å². The molecule has 0 bridgehead atoms. The lowest BCUT2D eigenvalue weighted by atomic mass is 10.0. The van der Waals surface area contributed by atoms with Gasteiger partial charge in [-0.3, -0.25) is 0 Å². The van der Waals surface area contributed by atoms with Crippen molar-refractivity contribution in [1.29, 1.82) is 0 Å². The number of H-pyrrole nitrogens is 1. The largest absolute Gasteiger partial charge is 0.356 e. The average Bonchev–Trinajstić information content (AvgIpc) is 3.28. The Balaban J connectivity index is 1.38. The van der Waals surface area contributed by atoms with Gasteiger partial charge in [0.15, 0.2) is 5.82 Å². The summed E-state index contributed by atoms with van der Waals surface area (Å²) in [4.78, 5) is 26.1. The highest BCUT2D eigenvalue weighted by molar-refractivity contribution is 5.86. The number of fused-ring (bicyclic) bond motifs is 2. The molecule has 2 saturated heterocycles. The van der Waals surface area contributed by atoms with E-state index >= 15 is 0 Å². The maximum atomic E-state index is 4.58. The maximum Gasteiger partial charge on any atom is 0.156 e. The molecule has 1 N–H and O–H groups in total. The minimum Gasteiger partial charge on any atom is -0.356 e. The fraction of sp³-hybridized carbons (Fsp3) is 0.474. The second-order valence-corrected chi connectivity index (χ2v) is 7.65. The van der Waals surface area contributed by atoms with Gasteiger partial charge < -0.3 is 14.8 Å². The Hall–Kier alpha value is -2.70. The van der Waals surface area contributed by atoms with Crippen LogP contribution in [0.3, 0.4) is 0 Å². The molecule has 5 heterocycles. The summed E-state index contributed by atoms with van der Waals surface area (Å²) in [5.41, 5.74) is 5.45. The minimum absolute atomic E-state index is 0.644. The summed E-state index contributed by atoms with van der Waals surface area (Å²) < 4.78 is 0. The van der Waals surface area contributed by atoms with Crippen molar-refractivity contribution >= 4 is 22.7 Å². The van der Waals surface area contributed by atoms with Gasteiger partial charge in [-0.2, -0.15) is 0 Å². The fourth-order valence-electron chi connectivity index (χ4n) is 4.48. The summed E-state index contributed by atoms with van der Waals surface area (Å²) in [7, 11) is 0. The zero-order chi connectivity index (χ0) is 17.8. The Kier molecular flexibility index (Phi) is 3.38. The van der Waals surface area contributed by atoms with E-state index in [1.807, 2.05) is 0 Å². The van der Waals surface area contributed by atoms with Crippen LogP contribution in [0.5, 0.6) is 0 Å². The highest BCUT2D eigenvalue weighted by atomic mass is 15.3.